The Labute approximate surface area is 120 Å². The normalized spacial score (nSPS) is 10.4. The number of rotatable bonds is 3. The highest BCUT2D eigenvalue weighted by molar-refractivity contribution is 14.1. The lowest BCUT2D eigenvalue weighted by Crippen LogP contribution is -2.04. The van der Waals surface area contributed by atoms with E-state index in [9.17, 15) is 5.11 Å². The van der Waals surface area contributed by atoms with E-state index in [2.05, 4.69) is 44.8 Å². The molecule has 0 radical (unpaired) electrons. The lowest BCUT2D eigenvalue weighted by molar-refractivity contribution is 0.475. The number of nitrogens with one attached hydrogen (secondary N) is 1. The van der Waals surface area contributed by atoms with E-state index in [1.54, 1.807) is 12.1 Å². The first-order chi connectivity index (χ1) is 8.65. The van der Waals surface area contributed by atoms with Gasteiger partial charge in [0, 0.05) is 12.6 Å². The van der Waals surface area contributed by atoms with Crippen LogP contribution in [0.3, 0.4) is 0 Å². The minimum atomic E-state index is 0.244. The number of aryl methyl sites for hydroxylation is 1. The van der Waals surface area contributed by atoms with Crippen LogP contribution in [0.25, 0.3) is 11.4 Å². The minimum absolute atomic E-state index is 0.244. The number of aromatic nitrogens is 2. The molecule has 1 aromatic carbocycles. The summed E-state index contributed by atoms with van der Waals surface area (Å²) in [5, 5.41) is 12.4. The number of phenols is 1. The van der Waals surface area contributed by atoms with E-state index in [0.717, 1.165) is 27.1 Å². The van der Waals surface area contributed by atoms with Gasteiger partial charge < -0.3 is 10.4 Å². The quantitative estimate of drug-likeness (QED) is 0.831. The molecule has 0 spiro atoms. The predicted molar refractivity (Wildman–Crippen MR) is 80.8 cm³/mol. The summed E-state index contributed by atoms with van der Waals surface area (Å²) < 4.78 is 1.06. The molecule has 0 aliphatic heterocycles. The average Bonchev–Trinajstić information content (AvgIpc) is 2.40. The SMILES string of the molecule is CCc1nc(-c2ccc(O)cc2)nc(NC)c1I. The molecular formula is C13H14IN3O. The van der Waals surface area contributed by atoms with Crippen molar-refractivity contribution in [3.05, 3.63) is 33.5 Å². The Morgan fingerprint density at radius 1 is 1.22 bits per heavy atom. The van der Waals surface area contributed by atoms with Crippen LogP contribution in [0.15, 0.2) is 24.3 Å². The van der Waals surface area contributed by atoms with Crippen LogP contribution in [0.4, 0.5) is 5.82 Å². The zero-order valence-corrected chi connectivity index (χ0v) is 12.4. The van der Waals surface area contributed by atoms with Crippen LogP contribution in [0, 0.1) is 3.57 Å². The smallest absolute Gasteiger partial charge is 0.161 e. The fraction of sp³-hybridized carbons (Fsp3) is 0.231. The van der Waals surface area contributed by atoms with Gasteiger partial charge in [0.2, 0.25) is 0 Å². The lowest BCUT2D eigenvalue weighted by atomic mass is 10.2. The number of benzene rings is 1. The van der Waals surface area contributed by atoms with Gasteiger partial charge in [0.25, 0.3) is 0 Å². The Hall–Kier alpha value is -1.37. The molecule has 1 heterocycles. The third-order valence-electron chi connectivity index (χ3n) is 2.62. The van der Waals surface area contributed by atoms with Crippen LogP contribution in [0.1, 0.15) is 12.6 Å². The van der Waals surface area contributed by atoms with E-state index in [1.807, 2.05) is 19.2 Å². The molecule has 0 saturated heterocycles. The fourth-order valence-corrected chi connectivity index (χ4v) is 2.53. The zero-order valence-electron chi connectivity index (χ0n) is 10.2. The van der Waals surface area contributed by atoms with Crippen LogP contribution in [0.2, 0.25) is 0 Å². The highest BCUT2D eigenvalue weighted by Crippen LogP contribution is 2.25. The van der Waals surface area contributed by atoms with Crippen molar-refractivity contribution in [2.75, 3.05) is 12.4 Å². The molecule has 0 aliphatic carbocycles. The highest BCUT2D eigenvalue weighted by atomic mass is 127. The molecule has 4 nitrogen and oxygen atoms in total. The van der Waals surface area contributed by atoms with E-state index in [0.29, 0.717) is 5.82 Å². The van der Waals surface area contributed by atoms with E-state index in [4.69, 9.17) is 0 Å². The first-order valence-electron chi connectivity index (χ1n) is 5.69. The largest absolute Gasteiger partial charge is 0.508 e. The van der Waals surface area contributed by atoms with E-state index in [1.165, 1.54) is 0 Å². The van der Waals surface area contributed by atoms with Crippen LogP contribution >= 0.6 is 22.6 Å². The molecule has 0 aliphatic rings. The number of nitrogens with zero attached hydrogens (tertiary/aromatic N) is 2. The molecule has 0 bridgehead atoms. The molecule has 2 rings (SSSR count). The highest BCUT2D eigenvalue weighted by Gasteiger charge is 2.11. The Bertz CT molecular complexity index is 530. The van der Waals surface area contributed by atoms with Gasteiger partial charge in [0.1, 0.15) is 11.6 Å². The van der Waals surface area contributed by atoms with Gasteiger partial charge >= 0.3 is 0 Å². The van der Waals surface area contributed by atoms with Gasteiger partial charge in [-0.25, -0.2) is 9.97 Å². The maximum Gasteiger partial charge on any atom is 0.161 e. The first kappa shape index (κ1) is 13.1. The van der Waals surface area contributed by atoms with Crippen molar-refractivity contribution in [1.29, 1.82) is 0 Å². The van der Waals surface area contributed by atoms with Gasteiger partial charge in [-0.05, 0) is 53.3 Å². The average molecular weight is 355 g/mol. The molecule has 1 aromatic heterocycles. The third-order valence-corrected chi connectivity index (χ3v) is 3.75. The van der Waals surface area contributed by atoms with Gasteiger partial charge in [-0.15, -0.1) is 0 Å². The van der Waals surface area contributed by atoms with Crippen molar-refractivity contribution < 1.29 is 5.11 Å². The summed E-state index contributed by atoms with van der Waals surface area (Å²) in [6.45, 7) is 2.07. The minimum Gasteiger partial charge on any atom is -0.508 e. The summed E-state index contributed by atoms with van der Waals surface area (Å²) in [5.41, 5.74) is 1.92. The third kappa shape index (κ3) is 2.55. The maximum atomic E-state index is 9.29. The summed E-state index contributed by atoms with van der Waals surface area (Å²) in [5.74, 6) is 1.76. The molecule has 2 aromatic rings. The monoisotopic (exact) mass is 355 g/mol. The number of halogens is 1. The van der Waals surface area contributed by atoms with Crippen molar-refractivity contribution in [2.24, 2.45) is 0 Å². The second-order valence-electron chi connectivity index (χ2n) is 3.81. The second kappa shape index (κ2) is 5.51. The molecule has 2 N–H and O–H groups in total. The number of anilines is 1. The van der Waals surface area contributed by atoms with Crippen molar-refractivity contribution in [3.63, 3.8) is 0 Å². The number of aromatic hydroxyl groups is 1. The first-order valence-corrected chi connectivity index (χ1v) is 6.77. The Balaban J connectivity index is 2.54. The number of phenolic OH excluding ortho intramolecular Hbond substituents is 1. The van der Waals surface area contributed by atoms with Gasteiger partial charge in [-0.1, -0.05) is 6.92 Å². The summed E-state index contributed by atoms with van der Waals surface area (Å²) in [4.78, 5) is 9.05. The van der Waals surface area contributed by atoms with Crippen LogP contribution in [0.5, 0.6) is 5.75 Å². The summed E-state index contributed by atoms with van der Waals surface area (Å²) in [6, 6.07) is 6.91. The lowest BCUT2D eigenvalue weighted by Gasteiger charge is -2.10. The Morgan fingerprint density at radius 3 is 2.44 bits per heavy atom. The maximum absolute atomic E-state index is 9.29. The molecule has 0 amide bonds. The number of hydrogen-bond acceptors (Lipinski definition) is 4. The van der Waals surface area contributed by atoms with Crippen molar-refractivity contribution in [3.8, 4) is 17.1 Å². The number of hydrogen-bond donors (Lipinski definition) is 2. The Morgan fingerprint density at radius 2 is 1.89 bits per heavy atom. The molecule has 94 valence electrons. The second-order valence-corrected chi connectivity index (χ2v) is 4.89. The molecule has 0 atom stereocenters. The summed E-state index contributed by atoms with van der Waals surface area (Å²) >= 11 is 2.25. The predicted octanol–water partition coefficient (Wildman–Crippen LogP) is 3.06. The molecule has 18 heavy (non-hydrogen) atoms. The van der Waals surface area contributed by atoms with Gasteiger partial charge in [0.15, 0.2) is 5.82 Å². The van der Waals surface area contributed by atoms with E-state index < -0.39 is 0 Å². The summed E-state index contributed by atoms with van der Waals surface area (Å²) in [7, 11) is 1.85. The topological polar surface area (TPSA) is 58.0 Å². The van der Waals surface area contributed by atoms with Crippen molar-refractivity contribution >= 4 is 28.4 Å². The zero-order chi connectivity index (χ0) is 13.1. The fourth-order valence-electron chi connectivity index (χ4n) is 1.63. The molecule has 0 unspecified atom stereocenters. The standard InChI is InChI=1S/C13H14IN3O/c1-3-10-11(14)13(15-2)17-12(16-10)8-4-6-9(18)7-5-8/h4-7,18H,3H2,1-2H3,(H,15,16,17). The van der Waals surface area contributed by atoms with Gasteiger partial charge in [0.05, 0.1) is 9.26 Å². The molecule has 0 saturated carbocycles. The Kier molecular flexibility index (Phi) is 4.00. The summed E-state index contributed by atoms with van der Waals surface area (Å²) in [6.07, 6.45) is 0.862. The van der Waals surface area contributed by atoms with Gasteiger partial charge in [-0.3, -0.25) is 0 Å². The van der Waals surface area contributed by atoms with Crippen molar-refractivity contribution in [1.82, 2.24) is 9.97 Å². The van der Waals surface area contributed by atoms with Crippen LogP contribution in [-0.2, 0) is 6.42 Å². The van der Waals surface area contributed by atoms with Crippen LogP contribution in [-0.4, -0.2) is 22.1 Å². The molecular weight excluding hydrogens is 341 g/mol. The van der Waals surface area contributed by atoms with Crippen molar-refractivity contribution in [2.45, 2.75) is 13.3 Å². The molecule has 0 fully saturated rings. The van der Waals surface area contributed by atoms with E-state index in [-0.39, 0.29) is 5.75 Å². The van der Waals surface area contributed by atoms with Gasteiger partial charge in [-0.2, -0.15) is 0 Å². The van der Waals surface area contributed by atoms with E-state index >= 15 is 0 Å². The van der Waals surface area contributed by atoms with Crippen LogP contribution < -0.4 is 5.32 Å². The molecule has 5 heteroatoms.